The van der Waals surface area contributed by atoms with Gasteiger partial charge in [0.1, 0.15) is 0 Å². The van der Waals surface area contributed by atoms with Crippen molar-refractivity contribution in [3.63, 3.8) is 0 Å². The molecule has 110 valence electrons. The van der Waals surface area contributed by atoms with Crippen LogP contribution in [0.1, 0.15) is 46.5 Å². The first-order chi connectivity index (χ1) is 8.88. The Kier molecular flexibility index (Phi) is 8.57. The van der Waals surface area contributed by atoms with E-state index in [0.29, 0.717) is 19.4 Å². The lowest BCUT2D eigenvalue weighted by atomic mass is 10.0. The van der Waals surface area contributed by atoms with Gasteiger partial charge < -0.3 is 15.7 Å². The topological polar surface area (TPSA) is 95.5 Å². The zero-order valence-electron chi connectivity index (χ0n) is 11.9. The molecule has 0 fully saturated rings. The van der Waals surface area contributed by atoms with Crippen molar-refractivity contribution < 1.29 is 19.5 Å². The molecular formula is C13H24N2O4. The van der Waals surface area contributed by atoms with E-state index >= 15 is 0 Å². The van der Waals surface area contributed by atoms with Gasteiger partial charge in [-0.05, 0) is 26.7 Å². The standard InChI is InChI=1S/C13H24N2O4/c1-4-8-14-11(16)6-5-7-12(17)15-10(3)9(2)13(18)19/h9-10H,4-8H2,1-3H3,(H,14,16)(H,15,17)(H,18,19). The lowest BCUT2D eigenvalue weighted by Crippen LogP contribution is -2.40. The van der Waals surface area contributed by atoms with Crippen molar-refractivity contribution >= 4 is 17.8 Å². The van der Waals surface area contributed by atoms with Crippen molar-refractivity contribution in [1.29, 1.82) is 0 Å². The molecule has 6 heteroatoms. The summed E-state index contributed by atoms with van der Waals surface area (Å²) < 4.78 is 0. The van der Waals surface area contributed by atoms with Crippen LogP contribution in [-0.4, -0.2) is 35.5 Å². The molecule has 0 aromatic rings. The summed E-state index contributed by atoms with van der Waals surface area (Å²) in [4.78, 5) is 33.5. The molecule has 2 unspecified atom stereocenters. The summed E-state index contributed by atoms with van der Waals surface area (Å²) in [6, 6.07) is -0.418. The minimum absolute atomic E-state index is 0.0541. The Morgan fingerprint density at radius 1 is 1.11 bits per heavy atom. The normalized spacial score (nSPS) is 13.4. The monoisotopic (exact) mass is 272 g/mol. The molecule has 0 bridgehead atoms. The Labute approximate surface area is 113 Å². The highest BCUT2D eigenvalue weighted by Crippen LogP contribution is 2.03. The highest BCUT2D eigenvalue weighted by atomic mass is 16.4. The third-order valence-corrected chi connectivity index (χ3v) is 2.91. The van der Waals surface area contributed by atoms with E-state index in [1.165, 1.54) is 0 Å². The number of carbonyl (C=O) groups is 3. The van der Waals surface area contributed by atoms with Crippen molar-refractivity contribution in [3.8, 4) is 0 Å². The fraction of sp³-hybridized carbons (Fsp3) is 0.769. The summed E-state index contributed by atoms with van der Waals surface area (Å²) in [5.74, 6) is -1.84. The Balaban J connectivity index is 3.81. The summed E-state index contributed by atoms with van der Waals surface area (Å²) in [6.07, 6.45) is 1.90. The number of amides is 2. The van der Waals surface area contributed by atoms with Gasteiger partial charge in [0.15, 0.2) is 0 Å². The summed E-state index contributed by atoms with van der Waals surface area (Å²) in [6.45, 7) is 5.83. The SMILES string of the molecule is CCCNC(=O)CCCC(=O)NC(C)C(C)C(=O)O. The second-order valence-electron chi connectivity index (χ2n) is 4.69. The smallest absolute Gasteiger partial charge is 0.308 e. The Bertz CT molecular complexity index is 318. The van der Waals surface area contributed by atoms with Gasteiger partial charge in [0.2, 0.25) is 11.8 Å². The van der Waals surface area contributed by atoms with E-state index in [0.717, 1.165) is 6.42 Å². The van der Waals surface area contributed by atoms with E-state index in [-0.39, 0.29) is 18.2 Å². The van der Waals surface area contributed by atoms with E-state index in [4.69, 9.17) is 5.11 Å². The highest BCUT2D eigenvalue weighted by Gasteiger charge is 2.20. The Morgan fingerprint density at radius 2 is 1.68 bits per heavy atom. The van der Waals surface area contributed by atoms with Crippen LogP contribution in [0, 0.1) is 5.92 Å². The molecule has 0 radical (unpaired) electrons. The molecule has 0 aromatic heterocycles. The van der Waals surface area contributed by atoms with Crippen LogP contribution in [-0.2, 0) is 14.4 Å². The molecule has 0 heterocycles. The quantitative estimate of drug-likeness (QED) is 0.581. The maximum absolute atomic E-state index is 11.5. The van der Waals surface area contributed by atoms with Crippen molar-refractivity contribution in [1.82, 2.24) is 10.6 Å². The first kappa shape index (κ1) is 17.4. The molecule has 0 rings (SSSR count). The maximum Gasteiger partial charge on any atom is 0.308 e. The summed E-state index contributed by atoms with van der Waals surface area (Å²) in [7, 11) is 0. The maximum atomic E-state index is 11.5. The number of nitrogens with one attached hydrogen (secondary N) is 2. The number of hydrogen-bond acceptors (Lipinski definition) is 3. The zero-order chi connectivity index (χ0) is 14.8. The molecule has 0 aliphatic rings. The van der Waals surface area contributed by atoms with Crippen molar-refractivity contribution in [2.45, 2.75) is 52.5 Å². The Hall–Kier alpha value is -1.59. The average molecular weight is 272 g/mol. The highest BCUT2D eigenvalue weighted by molar-refractivity contribution is 5.79. The predicted octanol–water partition coefficient (Wildman–Crippen LogP) is 0.908. The van der Waals surface area contributed by atoms with Gasteiger partial charge in [-0.15, -0.1) is 0 Å². The van der Waals surface area contributed by atoms with Crippen LogP contribution in [0.4, 0.5) is 0 Å². The molecule has 3 N–H and O–H groups in total. The lowest BCUT2D eigenvalue weighted by Gasteiger charge is -2.17. The van der Waals surface area contributed by atoms with Crippen molar-refractivity contribution in [3.05, 3.63) is 0 Å². The number of rotatable bonds is 9. The third kappa shape index (κ3) is 8.18. The van der Waals surface area contributed by atoms with E-state index in [9.17, 15) is 14.4 Å². The van der Waals surface area contributed by atoms with Crippen LogP contribution in [0.15, 0.2) is 0 Å². The van der Waals surface area contributed by atoms with Gasteiger partial charge in [-0.1, -0.05) is 6.92 Å². The molecule has 0 aliphatic carbocycles. The molecule has 0 aromatic carbocycles. The summed E-state index contributed by atoms with van der Waals surface area (Å²) in [5, 5.41) is 14.2. The fourth-order valence-electron chi connectivity index (χ4n) is 1.43. The van der Waals surface area contributed by atoms with Crippen LogP contribution >= 0.6 is 0 Å². The second-order valence-corrected chi connectivity index (χ2v) is 4.69. The molecule has 2 amide bonds. The lowest BCUT2D eigenvalue weighted by molar-refractivity contribution is -0.142. The number of aliphatic carboxylic acids is 1. The number of carboxylic acid groups (broad SMARTS) is 1. The summed E-state index contributed by atoms with van der Waals surface area (Å²) >= 11 is 0. The minimum Gasteiger partial charge on any atom is -0.481 e. The first-order valence-corrected chi connectivity index (χ1v) is 6.67. The molecule has 19 heavy (non-hydrogen) atoms. The van der Waals surface area contributed by atoms with Gasteiger partial charge in [0, 0.05) is 25.4 Å². The molecule has 0 spiro atoms. The largest absolute Gasteiger partial charge is 0.481 e. The molecule has 0 saturated heterocycles. The second kappa shape index (κ2) is 9.35. The average Bonchev–Trinajstić information content (AvgIpc) is 2.34. The van der Waals surface area contributed by atoms with Gasteiger partial charge in [-0.25, -0.2) is 0 Å². The van der Waals surface area contributed by atoms with Crippen LogP contribution in [0.5, 0.6) is 0 Å². The minimum atomic E-state index is -0.938. The fourth-order valence-corrected chi connectivity index (χ4v) is 1.43. The van der Waals surface area contributed by atoms with Gasteiger partial charge in [0.05, 0.1) is 5.92 Å². The van der Waals surface area contributed by atoms with E-state index in [2.05, 4.69) is 10.6 Å². The van der Waals surface area contributed by atoms with Crippen LogP contribution in [0.25, 0.3) is 0 Å². The van der Waals surface area contributed by atoms with E-state index in [1.807, 2.05) is 6.92 Å². The molecule has 0 aliphatic heterocycles. The van der Waals surface area contributed by atoms with Gasteiger partial charge in [-0.2, -0.15) is 0 Å². The van der Waals surface area contributed by atoms with Gasteiger partial charge in [0.25, 0.3) is 0 Å². The Morgan fingerprint density at radius 3 is 2.21 bits per heavy atom. The first-order valence-electron chi connectivity index (χ1n) is 6.67. The van der Waals surface area contributed by atoms with Crippen molar-refractivity contribution in [2.24, 2.45) is 5.92 Å². The van der Waals surface area contributed by atoms with Crippen LogP contribution < -0.4 is 10.6 Å². The summed E-state index contributed by atoms with van der Waals surface area (Å²) in [5.41, 5.74) is 0. The zero-order valence-corrected chi connectivity index (χ0v) is 11.9. The van der Waals surface area contributed by atoms with E-state index in [1.54, 1.807) is 13.8 Å². The van der Waals surface area contributed by atoms with E-state index < -0.39 is 17.9 Å². The van der Waals surface area contributed by atoms with Gasteiger partial charge in [-0.3, -0.25) is 14.4 Å². The molecule has 6 nitrogen and oxygen atoms in total. The van der Waals surface area contributed by atoms with Crippen LogP contribution in [0.2, 0.25) is 0 Å². The molecular weight excluding hydrogens is 248 g/mol. The third-order valence-electron chi connectivity index (χ3n) is 2.91. The predicted molar refractivity (Wildman–Crippen MR) is 71.6 cm³/mol. The molecule has 0 saturated carbocycles. The van der Waals surface area contributed by atoms with Crippen LogP contribution in [0.3, 0.4) is 0 Å². The number of hydrogen-bond donors (Lipinski definition) is 3. The molecule has 2 atom stereocenters. The number of carbonyl (C=O) groups excluding carboxylic acids is 2. The van der Waals surface area contributed by atoms with Crippen molar-refractivity contribution in [2.75, 3.05) is 6.54 Å². The van der Waals surface area contributed by atoms with Gasteiger partial charge >= 0.3 is 5.97 Å². The number of carboxylic acids is 1.